The predicted octanol–water partition coefficient (Wildman–Crippen LogP) is 3.67. The van der Waals surface area contributed by atoms with E-state index in [0.717, 1.165) is 12.1 Å². The van der Waals surface area contributed by atoms with Crippen LogP contribution in [-0.2, 0) is 11.0 Å². The van der Waals surface area contributed by atoms with E-state index in [-0.39, 0.29) is 22.3 Å². The first-order valence-electron chi connectivity index (χ1n) is 7.25. The Morgan fingerprint density at radius 2 is 2.15 bits per heavy atom. The Morgan fingerprint density at radius 3 is 2.70 bits per heavy atom. The third-order valence-corrected chi connectivity index (χ3v) is 3.36. The zero-order valence-electron chi connectivity index (χ0n) is 13.7. The van der Waals surface area contributed by atoms with Crippen molar-refractivity contribution in [2.75, 3.05) is 19.1 Å². The summed E-state index contributed by atoms with van der Waals surface area (Å²) in [5.74, 6) is -0.806. The van der Waals surface area contributed by atoms with Crippen molar-refractivity contribution in [3.8, 4) is 11.5 Å². The lowest BCUT2D eigenvalue weighted by Gasteiger charge is -2.11. The summed E-state index contributed by atoms with van der Waals surface area (Å²) >= 11 is 6.05. The van der Waals surface area contributed by atoms with Gasteiger partial charge in [0.05, 0.1) is 23.9 Å². The SMILES string of the molecule is COc1cc(/C=N\Nc2ccc(C(F)(F)F)cn2)cc(Cl)c1OCC(=O)O. The number of rotatable bonds is 7. The number of carboxylic acid groups (broad SMARTS) is 1. The number of hydrogen-bond acceptors (Lipinski definition) is 6. The van der Waals surface area contributed by atoms with E-state index in [1.54, 1.807) is 0 Å². The number of ether oxygens (including phenoxy) is 2. The zero-order chi connectivity index (χ0) is 20.0. The van der Waals surface area contributed by atoms with Crippen LogP contribution in [0.3, 0.4) is 0 Å². The van der Waals surface area contributed by atoms with Crippen LogP contribution in [0, 0.1) is 0 Å². The maximum Gasteiger partial charge on any atom is 0.417 e. The van der Waals surface area contributed by atoms with Crippen LogP contribution in [0.15, 0.2) is 35.6 Å². The highest BCUT2D eigenvalue weighted by molar-refractivity contribution is 6.32. The summed E-state index contributed by atoms with van der Waals surface area (Å²) in [7, 11) is 1.35. The van der Waals surface area contributed by atoms with Gasteiger partial charge in [-0.3, -0.25) is 5.43 Å². The highest BCUT2D eigenvalue weighted by Crippen LogP contribution is 2.36. The number of hydrazone groups is 1. The molecule has 144 valence electrons. The molecular weight excluding hydrogens is 391 g/mol. The Kier molecular flexibility index (Phi) is 6.45. The predicted molar refractivity (Wildman–Crippen MR) is 91.6 cm³/mol. The van der Waals surface area contributed by atoms with Gasteiger partial charge in [0.1, 0.15) is 5.82 Å². The Balaban J connectivity index is 2.10. The minimum Gasteiger partial charge on any atom is -0.493 e. The summed E-state index contributed by atoms with van der Waals surface area (Å²) in [6.07, 6.45) is -2.45. The summed E-state index contributed by atoms with van der Waals surface area (Å²) in [5.41, 5.74) is 2.08. The molecule has 7 nitrogen and oxygen atoms in total. The topological polar surface area (TPSA) is 93.0 Å². The van der Waals surface area contributed by atoms with Gasteiger partial charge in [0.2, 0.25) is 0 Å². The van der Waals surface area contributed by atoms with E-state index in [1.165, 1.54) is 25.5 Å². The molecule has 0 spiro atoms. The Labute approximate surface area is 156 Å². The first-order valence-corrected chi connectivity index (χ1v) is 7.63. The number of methoxy groups -OCH3 is 1. The van der Waals surface area contributed by atoms with E-state index in [1.807, 2.05) is 0 Å². The second-order valence-electron chi connectivity index (χ2n) is 5.02. The van der Waals surface area contributed by atoms with Gasteiger partial charge in [-0.05, 0) is 29.8 Å². The zero-order valence-corrected chi connectivity index (χ0v) is 14.5. The van der Waals surface area contributed by atoms with Gasteiger partial charge in [-0.15, -0.1) is 0 Å². The van der Waals surface area contributed by atoms with Crippen molar-refractivity contribution in [2.24, 2.45) is 5.10 Å². The van der Waals surface area contributed by atoms with Crippen LogP contribution in [0.2, 0.25) is 5.02 Å². The normalized spacial score (nSPS) is 11.4. The second-order valence-corrected chi connectivity index (χ2v) is 5.42. The number of halogens is 4. The van der Waals surface area contributed by atoms with Crippen LogP contribution in [0.1, 0.15) is 11.1 Å². The number of alkyl halides is 3. The van der Waals surface area contributed by atoms with Crippen LogP contribution >= 0.6 is 11.6 Å². The van der Waals surface area contributed by atoms with Crippen LogP contribution in [-0.4, -0.2) is 36.0 Å². The molecule has 0 saturated carbocycles. The number of aliphatic carboxylic acids is 1. The van der Waals surface area contributed by atoms with E-state index in [0.29, 0.717) is 11.8 Å². The van der Waals surface area contributed by atoms with Crippen molar-refractivity contribution in [1.82, 2.24) is 4.98 Å². The lowest BCUT2D eigenvalue weighted by atomic mass is 10.2. The lowest BCUT2D eigenvalue weighted by molar-refractivity contribution is -0.139. The molecule has 0 aliphatic heterocycles. The van der Waals surface area contributed by atoms with Gasteiger partial charge in [0.15, 0.2) is 18.1 Å². The molecule has 0 radical (unpaired) electrons. The number of pyridine rings is 1. The van der Waals surface area contributed by atoms with Gasteiger partial charge in [-0.1, -0.05) is 11.6 Å². The van der Waals surface area contributed by atoms with Crippen LogP contribution in [0.25, 0.3) is 0 Å². The van der Waals surface area contributed by atoms with E-state index in [4.69, 9.17) is 26.2 Å². The van der Waals surface area contributed by atoms with Crippen molar-refractivity contribution >= 4 is 29.6 Å². The molecule has 1 heterocycles. The number of nitrogens with zero attached hydrogens (tertiary/aromatic N) is 2. The van der Waals surface area contributed by atoms with E-state index < -0.39 is 24.3 Å². The molecule has 0 unspecified atom stereocenters. The van der Waals surface area contributed by atoms with Crippen LogP contribution in [0.5, 0.6) is 11.5 Å². The van der Waals surface area contributed by atoms with Gasteiger partial charge in [-0.2, -0.15) is 18.3 Å². The summed E-state index contributed by atoms with van der Waals surface area (Å²) < 4.78 is 47.6. The molecule has 0 saturated heterocycles. The molecule has 1 aromatic carbocycles. The number of carboxylic acids is 1. The van der Waals surface area contributed by atoms with E-state index in [2.05, 4.69) is 15.5 Å². The third-order valence-electron chi connectivity index (χ3n) is 3.08. The number of carbonyl (C=O) groups is 1. The first kappa shape index (κ1) is 20.3. The van der Waals surface area contributed by atoms with Gasteiger partial charge < -0.3 is 14.6 Å². The quantitative estimate of drug-likeness (QED) is 0.541. The minimum atomic E-state index is -4.47. The monoisotopic (exact) mass is 403 g/mol. The van der Waals surface area contributed by atoms with Crippen molar-refractivity contribution < 1.29 is 32.5 Å². The minimum absolute atomic E-state index is 0.0658. The van der Waals surface area contributed by atoms with E-state index >= 15 is 0 Å². The standard InChI is InChI=1S/C16H13ClF3N3O4/c1-26-12-5-9(4-11(17)15(12)27-8-14(24)25)6-22-23-13-3-2-10(7-21-13)16(18,19)20/h2-7H,8H2,1H3,(H,21,23)(H,24,25)/b22-6-. The number of benzene rings is 1. The molecule has 2 aromatic rings. The Morgan fingerprint density at radius 1 is 1.41 bits per heavy atom. The fourth-order valence-electron chi connectivity index (χ4n) is 1.89. The maximum absolute atomic E-state index is 12.5. The molecule has 0 aliphatic rings. The molecule has 11 heteroatoms. The van der Waals surface area contributed by atoms with Gasteiger partial charge in [0, 0.05) is 6.20 Å². The summed E-state index contributed by atoms with van der Waals surface area (Å²) in [6, 6.07) is 4.96. The van der Waals surface area contributed by atoms with Gasteiger partial charge in [0.25, 0.3) is 0 Å². The van der Waals surface area contributed by atoms with Crippen molar-refractivity contribution in [3.05, 3.63) is 46.6 Å². The van der Waals surface area contributed by atoms with Crippen LogP contribution < -0.4 is 14.9 Å². The number of aromatic nitrogens is 1. The first-order chi connectivity index (χ1) is 12.7. The van der Waals surface area contributed by atoms with Crippen molar-refractivity contribution in [2.45, 2.75) is 6.18 Å². The molecule has 0 atom stereocenters. The molecule has 27 heavy (non-hydrogen) atoms. The molecule has 0 bridgehead atoms. The fourth-order valence-corrected chi connectivity index (χ4v) is 2.16. The van der Waals surface area contributed by atoms with Gasteiger partial charge >= 0.3 is 12.1 Å². The van der Waals surface area contributed by atoms with Crippen LogP contribution in [0.4, 0.5) is 19.0 Å². The molecule has 0 amide bonds. The maximum atomic E-state index is 12.5. The number of hydrogen-bond donors (Lipinski definition) is 2. The molecule has 0 fully saturated rings. The molecule has 2 rings (SSSR count). The Bertz CT molecular complexity index is 842. The van der Waals surface area contributed by atoms with Crippen molar-refractivity contribution in [1.29, 1.82) is 0 Å². The molecule has 1 aromatic heterocycles. The summed E-state index contributed by atoms with van der Waals surface area (Å²) in [4.78, 5) is 14.2. The second kappa shape index (κ2) is 8.58. The summed E-state index contributed by atoms with van der Waals surface area (Å²) in [5, 5.41) is 12.6. The largest absolute Gasteiger partial charge is 0.493 e. The highest BCUT2D eigenvalue weighted by Gasteiger charge is 2.30. The number of nitrogens with one attached hydrogen (secondary N) is 1. The average molecular weight is 404 g/mol. The lowest BCUT2D eigenvalue weighted by Crippen LogP contribution is -2.10. The Hall–Kier alpha value is -3.01. The molecule has 0 aliphatic carbocycles. The fraction of sp³-hybridized carbons (Fsp3) is 0.188. The average Bonchev–Trinajstić information content (AvgIpc) is 2.60. The van der Waals surface area contributed by atoms with Crippen molar-refractivity contribution in [3.63, 3.8) is 0 Å². The molecule has 2 N–H and O–H groups in total. The third kappa shape index (κ3) is 5.74. The smallest absolute Gasteiger partial charge is 0.417 e. The summed E-state index contributed by atoms with van der Waals surface area (Å²) in [6.45, 7) is -0.593. The van der Waals surface area contributed by atoms with Gasteiger partial charge in [-0.25, -0.2) is 9.78 Å². The van der Waals surface area contributed by atoms with E-state index in [9.17, 15) is 18.0 Å². The molecular formula is C16H13ClF3N3O4. The highest BCUT2D eigenvalue weighted by atomic mass is 35.5. The number of anilines is 1.